The van der Waals surface area contributed by atoms with Crippen molar-refractivity contribution in [3.63, 3.8) is 0 Å². The lowest BCUT2D eigenvalue weighted by Crippen LogP contribution is -2.34. The molecule has 1 aliphatic carbocycles. The van der Waals surface area contributed by atoms with Gasteiger partial charge in [0.25, 0.3) is 0 Å². The molecule has 0 unspecified atom stereocenters. The van der Waals surface area contributed by atoms with Crippen LogP contribution in [0, 0.1) is 5.92 Å². The second-order valence-electron chi connectivity index (χ2n) is 6.10. The number of nitrogens with one attached hydrogen (secondary N) is 2. The molecule has 0 atom stereocenters. The minimum atomic E-state index is 0. The summed E-state index contributed by atoms with van der Waals surface area (Å²) in [7, 11) is 0. The fourth-order valence-corrected chi connectivity index (χ4v) is 2.41. The monoisotopic (exact) mass is 318 g/mol. The van der Waals surface area contributed by atoms with Gasteiger partial charge in [-0.2, -0.15) is 0 Å². The van der Waals surface area contributed by atoms with Crippen molar-refractivity contribution in [3.05, 3.63) is 10.0 Å². The molecule has 1 amide bonds. The fourth-order valence-electron chi connectivity index (χ4n) is 1.58. The van der Waals surface area contributed by atoms with Crippen molar-refractivity contribution in [1.82, 2.24) is 20.8 Å². The Labute approximate surface area is 130 Å². The van der Waals surface area contributed by atoms with Crippen LogP contribution >= 0.6 is 23.7 Å². The maximum atomic E-state index is 11.6. The molecule has 114 valence electrons. The summed E-state index contributed by atoms with van der Waals surface area (Å²) < 4.78 is 0. The molecule has 1 fully saturated rings. The third-order valence-electron chi connectivity index (χ3n) is 2.96. The first-order chi connectivity index (χ1) is 8.95. The van der Waals surface area contributed by atoms with Crippen molar-refractivity contribution in [2.45, 2.75) is 45.6 Å². The summed E-state index contributed by atoms with van der Waals surface area (Å²) in [6.45, 7) is 8.15. The van der Waals surface area contributed by atoms with Crippen LogP contribution in [0.4, 0.5) is 0 Å². The normalized spacial score (nSPS) is 14.8. The van der Waals surface area contributed by atoms with Crippen molar-refractivity contribution in [2.24, 2.45) is 5.92 Å². The summed E-state index contributed by atoms with van der Waals surface area (Å²) in [4.78, 5) is 11.6. The summed E-state index contributed by atoms with van der Waals surface area (Å²) in [5, 5.41) is 16.2. The summed E-state index contributed by atoms with van der Waals surface area (Å²) >= 11 is 1.56. The summed E-state index contributed by atoms with van der Waals surface area (Å²) in [6, 6.07) is 0. The van der Waals surface area contributed by atoms with Crippen molar-refractivity contribution < 1.29 is 4.79 Å². The minimum absolute atomic E-state index is 0. The Kier molecular flexibility index (Phi) is 6.36. The van der Waals surface area contributed by atoms with Crippen LogP contribution < -0.4 is 10.6 Å². The van der Waals surface area contributed by atoms with Crippen molar-refractivity contribution >= 4 is 29.7 Å². The first kappa shape index (κ1) is 17.3. The summed E-state index contributed by atoms with van der Waals surface area (Å²) in [6.07, 6.45) is 2.60. The second-order valence-corrected chi connectivity index (χ2v) is 7.16. The van der Waals surface area contributed by atoms with Gasteiger partial charge in [-0.1, -0.05) is 32.1 Å². The highest BCUT2D eigenvalue weighted by atomic mass is 35.5. The highest BCUT2D eigenvalue weighted by Gasteiger charge is 2.21. The molecular formula is C13H23ClN4OS. The van der Waals surface area contributed by atoms with Crippen LogP contribution in [0.2, 0.25) is 0 Å². The van der Waals surface area contributed by atoms with Crippen molar-refractivity contribution in [2.75, 3.05) is 13.1 Å². The van der Waals surface area contributed by atoms with Crippen LogP contribution in [0.15, 0.2) is 0 Å². The molecule has 1 heterocycles. The van der Waals surface area contributed by atoms with E-state index < -0.39 is 0 Å². The third kappa shape index (κ3) is 5.73. The van der Waals surface area contributed by atoms with Crippen LogP contribution in [0.5, 0.6) is 0 Å². The predicted octanol–water partition coefficient (Wildman–Crippen LogP) is 1.87. The maximum absolute atomic E-state index is 11.6. The van der Waals surface area contributed by atoms with E-state index in [1.165, 1.54) is 12.8 Å². The van der Waals surface area contributed by atoms with Crippen LogP contribution in [0.3, 0.4) is 0 Å². The van der Waals surface area contributed by atoms with Gasteiger partial charge in [0.2, 0.25) is 5.91 Å². The van der Waals surface area contributed by atoms with Gasteiger partial charge in [-0.3, -0.25) is 4.79 Å². The van der Waals surface area contributed by atoms with E-state index in [0.29, 0.717) is 13.1 Å². The zero-order chi connectivity index (χ0) is 13.9. The second kappa shape index (κ2) is 7.33. The number of carbonyl (C=O) groups is 1. The Hall–Kier alpha value is -0.720. The van der Waals surface area contributed by atoms with E-state index in [1.807, 2.05) is 0 Å². The molecule has 0 aromatic carbocycles. The number of halogens is 1. The number of carbonyl (C=O) groups excluding carboxylic acids is 1. The Morgan fingerprint density at radius 3 is 2.60 bits per heavy atom. The smallest absolute Gasteiger partial charge is 0.234 e. The van der Waals surface area contributed by atoms with Gasteiger partial charge in [0, 0.05) is 5.41 Å². The molecule has 0 aliphatic heterocycles. The Bertz CT molecular complexity index is 440. The number of aromatic nitrogens is 2. The molecule has 0 radical (unpaired) electrons. The molecule has 0 spiro atoms. The fraction of sp³-hybridized carbons (Fsp3) is 0.769. The van der Waals surface area contributed by atoms with Gasteiger partial charge >= 0.3 is 0 Å². The highest BCUT2D eigenvalue weighted by molar-refractivity contribution is 7.11. The van der Waals surface area contributed by atoms with Crippen molar-refractivity contribution in [3.8, 4) is 0 Å². The quantitative estimate of drug-likeness (QED) is 0.840. The Balaban J connectivity index is 0.00000200. The van der Waals surface area contributed by atoms with Gasteiger partial charge in [-0.15, -0.1) is 22.6 Å². The average molecular weight is 319 g/mol. The van der Waals surface area contributed by atoms with Gasteiger partial charge in [0.1, 0.15) is 10.0 Å². The first-order valence-corrected chi connectivity index (χ1v) is 7.57. The first-order valence-electron chi connectivity index (χ1n) is 6.75. The SMILES string of the molecule is CC(C)(C)c1nnc(CNC(=O)CNCC2CC2)s1.Cl. The molecule has 0 bridgehead atoms. The zero-order valence-electron chi connectivity index (χ0n) is 12.2. The van der Waals surface area contributed by atoms with Gasteiger partial charge in [0.05, 0.1) is 13.1 Å². The van der Waals surface area contributed by atoms with Crippen LogP contribution in [-0.4, -0.2) is 29.2 Å². The largest absolute Gasteiger partial charge is 0.348 e. The van der Waals surface area contributed by atoms with Crippen LogP contribution in [0.25, 0.3) is 0 Å². The van der Waals surface area contributed by atoms with Gasteiger partial charge < -0.3 is 10.6 Å². The van der Waals surface area contributed by atoms with Crippen molar-refractivity contribution in [1.29, 1.82) is 0 Å². The molecule has 2 rings (SSSR count). The number of hydrogen-bond donors (Lipinski definition) is 2. The van der Waals surface area contributed by atoms with Crippen LogP contribution in [-0.2, 0) is 16.8 Å². The molecule has 1 aromatic heterocycles. The van der Waals surface area contributed by atoms with E-state index in [9.17, 15) is 4.79 Å². The molecule has 0 saturated heterocycles. The topological polar surface area (TPSA) is 66.9 Å². The Morgan fingerprint density at radius 2 is 2.05 bits per heavy atom. The molecule has 2 N–H and O–H groups in total. The molecule has 1 aliphatic rings. The molecular weight excluding hydrogens is 296 g/mol. The number of nitrogens with zero attached hydrogens (tertiary/aromatic N) is 2. The van der Waals surface area contributed by atoms with Crippen LogP contribution in [0.1, 0.15) is 43.6 Å². The predicted molar refractivity (Wildman–Crippen MR) is 83.3 cm³/mol. The molecule has 1 aromatic rings. The minimum Gasteiger partial charge on any atom is -0.348 e. The molecule has 5 nitrogen and oxygen atoms in total. The molecule has 1 saturated carbocycles. The summed E-state index contributed by atoms with van der Waals surface area (Å²) in [5.74, 6) is 0.818. The highest BCUT2D eigenvalue weighted by Crippen LogP contribution is 2.27. The van der Waals surface area contributed by atoms with E-state index in [4.69, 9.17) is 0 Å². The third-order valence-corrected chi connectivity index (χ3v) is 4.31. The number of rotatable bonds is 6. The van der Waals surface area contributed by atoms with E-state index in [-0.39, 0.29) is 23.7 Å². The maximum Gasteiger partial charge on any atom is 0.234 e. The Morgan fingerprint density at radius 1 is 1.35 bits per heavy atom. The zero-order valence-corrected chi connectivity index (χ0v) is 13.9. The van der Waals surface area contributed by atoms with Gasteiger partial charge in [-0.05, 0) is 25.3 Å². The lowest BCUT2D eigenvalue weighted by atomic mass is 9.98. The average Bonchev–Trinajstić information content (AvgIpc) is 3.01. The summed E-state index contributed by atoms with van der Waals surface area (Å²) in [5.41, 5.74) is 0.0196. The number of hydrogen-bond acceptors (Lipinski definition) is 5. The molecule has 20 heavy (non-hydrogen) atoms. The van der Waals surface area contributed by atoms with E-state index in [0.717, 1.165) is 22.5 Å². The van der Waals surface area contributed by atoms with E-state index in [2.05, 4.69) is 41.6 Å². The molecule has 7 heteroatoms. The van der Waals surface area contributed by atoms with E-state index in [1.54, 1.807) is 11.3 Å². The standard InChI is InChI=1S/C13H22N4OS.ClH/c1-13(2,3)12-17-16-11(19-12)8-15-10(18)7-14-6-9-4-5-9;/h9,14H,4-8H2,1-3H3,(H,15,18);1H. The lowest BCUT2D eigenvalue weighted by molar-refractivity contribution is -0.120. The van der Waals surface area contributed by atoms with E-state index >= 15 is 0 Å². The lowest BCUT2D eigenvalue weighted by Gasteiger charge is -2.12. The number of amides is 1. The van der Waals surface area contributed by atoms with Gasteiger partial charge in [0.15, 0.2) is 0 Å². The van der Waals surface area contributed by atoms with Gasteiger partial charge in [-0.25, -0.2) is 0 Å².